The van der Waals surface area contributed by atoms with Crippen molar-refractivity contribution >= 4 is 0 Å². The molecule has 0 bridgehead atoms. The first-order valence-electron chi connectivity index (χ1n) is 7.73. The third-order valence-electron chi connectivity index (χ3n) is 4.29. The highest BCUT2D eigenvalue weighted by molar-refractivity contribution is 5.34. The van der Waals surface area contributed by atoms with Crippen molar-refractivity contribution in [3.05, 3.63) is 82.2 Å². The summed E-state index contributed by atoms with van der Waals surface area (Å²) in [5.74, 6) is 0.0408. The Kier molecular flexibility index (Phi) is 4.93. The zero-order chi connectivity index (χ0) is 16.1. The van der Waals surface area contributed by atoms with Crippen LogP contribution < -0.4 is 0 Å². The average Bonchev–Trinajstić information content (AvgIpc) is 2.60. The Balaban J connectivity index is 1.90. The molecule has 0 radical (unpaired) electrons. The van der Waals surface area contributed by atoms with Gasteiger partial charge in [-0.15, -0.1) is 0 Å². The lowest BCUT2D eigenvalue weighted by Crippen LogP contribution is -2.42. The Morgan fingerprint density at radius 3 is 2.09 bits per heavy atom. The fourth-order valence-electron chi connectivity index (χ4n) is 3.15. The Morgan fingerprint density at radius 2 is 1.61 bits per heavy atom. The number of hydrogen-bond donors (Lipinski definition) is 1. The van der Waals surface area contributed by atoms with Crippen molar-refractivity contribution in [1.82, 2.24) is 0 Å². The monoisotopic (exact) mass is 309 g/mol. The molecule has 1 fully saturated rings. The quantitative estimate of drug-likeness (QED) is 0.531. The SMILES string of the molecule is [N-]=[N+]=N[C@H]1CO[C@@H](C(c2ccccc2)c2ccccc2)C[C@H]1O. The number of ether oxygens (including phenoxy) is 1. The number of aliphatic hydroxyl groups is 1. The summed E-state index contributed by atoms with van der Waals surface area (Å²) in [6.45, 7) is 0.242. The van der Waals surface area contributed by atoms with Crippen LogP contribution in [0.5, 0.6) is 0 Å². The van der Waals surface area contributed by atoms with E-state index in [4.69, 9.17) is 10.3 Å². The lowest BCUT2D eigenvalue weighted by Gasteiger charge is -2.36. The van der Waals surface area contributed by atoms with E-state index < -0.39 is 12.1 Å². The molecule has 1 saturated heterocycles. The van der Waals surface area contributed by atoms with E-state index in [1.165, 1.54) is 0 Å². The second-order valence-electron chi connectivity index (χ2n) is 5.75. The number of nitrogens with zero attached hydrogens (tertiary/aromatic N) is 3. The van der Waals surface area contributed by atoms with E-state index >= 15 is 0 Å². The summed E-state index contributed by atoms with van der Waals surface area (Å²) in [6.07, 6.45) is -0.391. The molecule has 0 amide bonds. The van der Waals surface area contributed by atoms with Crippen LogP contribution in [-0.2, 0) is 4.74 Å². The molecule has 5 nitrogen and oxygen atoms in total. The van der Waals surface area contributed by atoms with Crippen LogP contribution in [0.1, 0.15) is 23.5 Å². The highest BCUT2D eigenvalue weighted by atomic mass is 16.5. The second kappa shape index (κ2) is 7.29. The molecule has 0 aromatic heterocycles. The molecule has 0 aliphatic carbocycles. The topological polar surface area (TPSA) is 78.2 Å². The van der Waals surface area contributed by atoms with Gasteiger partial charge in [0.2, 0.25) is 0 Å². The molecule has 2 aromatic rings. The first-order chi connectivity index (χ1) is 11.3. The third kappa shape index (κ3) is 3.54. The van der Waals surface area contributed by atoms with E-state index in [0.29, 0.717) is 6.42 Å². The van der Waals surface area contributed by atoms with E-state index in [1.807, 2.05) is 36.4 Å². The van der Waals surface area contributed by atoms with Crippen LogP contribution in [0.3, 0.4) is 0 Å². The molecule has 23 heavy (non-hydrogen) atoms. The fraction of sp³-hybridized carbons (Fsp3) is 0.333. The molecule has 5 heteroatoms. The zero-order valence-corrected chi connectivity index (χ0v) is 12.7. The second-order valence-corrected chi connectivity index (χ2v) is 5.75. The highest BCUT2D eigenvalue weighted by Crippen LogP contribution is 2.34. The number of benzene rings is 2. The molecule has 0 saturated carbocycles. The molecule has 118 valence electrons. The molecule has 1 N–H and O–H groups in total. The maximum absolute atomic E-state index is 10.3. The van der Waals surface area contributed by atoms with E-state index in [9.17, 15) is 5.11 Å². The standard InChI is InChI=1S/C18H19N3O2/c19-21-20-15-12-23-17(11-16(15)22)18(13-7-3-1-4-8-13)14-9-5-2-6-10-14/h1-10,15-18,22H,11-12H2/t15-,16+,17+/m0/s1. The van der Waals surface area contributed by atoms with Gasteiger partial charge >= 0.3 is 0 Å². The van der Waals surface area contributed by atoms with Crippen molar-refractivity contribution in [2.75, 3.05) is 6.61 Å². The van der Waals surface area contributed by atoms with Gasteiger partial charge in [-0.05, 0) is 16.7 Å². The summed E-state index contributed by atoms with van der Waals surface area (Å²) < 4.78 is 5.96. The average molecular weight is 309 g/mol. The molecule has 1 heterocycles. The molecule has 0 spiro atoms. The number of aliphatic hydroxyl groups excluding tert-OH is 1. The number of azide groups is 1. The van der Waals surface area contributed by atoms with Gasteiger partial charge in [0.15, 0.2) is 0 Å². The van der Waals surface area contributed by atoms with Gasteiger partial charge in [-0.2, -0.15) is 0 Å². The molecule has 3 rings (SSSR count). The van der Waals surface area contributed by atoms with Gasteiger partial charge in [-0.25, -0.2) is 0 Å². The summed E-state index contributed by atoms with van der Waals surface area (Å²) in [4.78, 5) is 2.78. The lowest BCUT2D eigenvalue weighted by atomic mass is 9.82. The Hall–Kier alpha value is -2.33. The smallest absolute Gasteiger partial charge is 0.0868 e. The minimum absolute atomic E-state index is 0.0408. The maximum Gasteiger partial charge on any atom is 0.0868 e. The summed E-state index contributed by atoms with van der Waals surface area (Å²) in [7, 11) is 0. The van der Waals surface area contributed by atoms with Gasteiger partial charge in [0.05, 0.1) is 24.9 Å². The predicted molar refractivity (Wildman–Crippen MR) is 88.0 cm³/mol. The number of rotatable bonds is 4. The van der Waals surface area contributed by atoms with Crippen LogP contribution in [0, 0.1) is 0 Å². The fourth-order valence-corrected chi connectivity index (χ4v) is 3.15. The van der Waals surface area contributed by atoms with E-state index in [0.717, 1.165) is 11.1 Å². The molecular formula is C18H19N3O2. The molecule has 1 aliphatic heterocycles. The zero-order valence-electron chi connectivity index (χ0n) is 12.7. The van der Waals surface area contributed by atoms with Crippen LogP contribution in [-0.4, -0.2) is 30.0 Å². The van der Waals surface area contributed by atoms with Crippen LogP contribution >= 0.6 is 0 Å². The van der Waals surface area contributed by atoms with Crippen LogP contribution in [0.15, 0.2) is 65.8 Å². The largest absolute Gasteiger partial charge is 0.393 e. The summed E-state index contributed by atoms with van der Waals surface area (Å²) in [6, 6.07) is 19.8. The Bertz CT molecular complexity index is 632. The van der Waals surface area contributed by atoms with Crippen molar-refractivity contribution in [1.29, 1.82) is 0 Å². The first-order valence-corrected chi connectivity index (χ1v) is 7.73. The number of hydrogen-bond acceptors (Lipinski definition) is 3. The van der Waals surface area contributed by atoms with E-state index in [1.54, 1.807) is 0 Å². The van der Waals surface area contributed by atoms with E-state index in [2.05, 4.69) is 34.3 Å². The van der Waals surface area contributed by atoms with Gasteiger partial charge in [-0.1, -0.05) is 65.8 Å². The Labute approximate surface area is 135 Å². The van der Waals surface area contributed by atoms with Crippen LogP contribution in [0.4, 0.5) is 0 Å². The predicted octanol–water partition coefficient (Wildman–Crippen LogP) is 3.65. The Morgan fingerprint density at radius 1 is 1.04 bits per heavy atom. The van der Waals surface area contributed by atoms with Crippen molar-refractivity contribution in [2.24, 2.45) is 5.11 Å². The molecular weight excluding hydrogens is 290 g/mol. The van der Waals surface area contributed by atoms with Crippen molar-refractivity contribution in [2.45, 2.75) is 30.6 Å². The normalized spacial score (nSPS) is 24.2. The molecule has 0 unspecified atom stereocenters. The van der Waals surface area contributed by atoms with Crippen molar-refractivity contribution in [3.8, 4) is 0 Å². The molecule has 2 aromatic carbocycles. The van der Waals surface area contributed by atoms with Crippen LogP contribution in [0.2, 0.25) is 0 Å². The van der Waals surface area contributed by atoms with Gasteiger partial charge in [0.25, 0.3) is 0 Å². The summed E-state index contributed by atoms with van der Waals surface area (Å²) >= 11 is 0. The van der Waals surface area contributed by atoms with Gasteiger partial charge in [-0.3, -0.25) is 0 Å². The summed E-state index contributed by atoms with van der Waals surface area (Å²) in [5.41, 5.74) is 10.9. The third-order valence-corrected chi connectivity index (χ3v) is 4.29. The van der Waals surface area contributed by atoms with Crippen LogP contribution in [0.25, 0.3) is 10.4 Å². The van der Waals surface area contributed by atoms with Gasteiger partial charge in [0, 0.05) is 17.3 Å². The first kappa shape index (κ1) is 15.6. The van der Waals surface area contributed by atoms with Crippen molar-refractivity contribution in [3.63, 3.8) is 0 Å². The van der Waals surface area contributed by atoms with Gasteiger partial charge in [0.1, 0.15) is 0 Å². The van der Waals surface area contributed by atoms with Crippen molar-refractivity contribution < 1.29 is 9.84 Å². The van der Waals surface area contributed by atoms with E-state index in [-0.39, 0.29) is 18.6 Å². The minimum Gasteiger partial charge on any atom is -0.393 e. The maximum atomic E-state index is 10.3. The molecule has 1 aliphatic rings. The summed E-state index contributed by atoms with van der Waals surface area (Å²) in [5, 5.41) is 13.9. The lowest BCUT2D eigenvalue weighted by molar-refractivity contribution is -0.0623. The highest BCUT2D eigenvalue weighted by Gasteiger charge is 2.35. The minimum atomic E-state index is -0.681. The van der Waals surface area contributed by atoms with Gasteiger partial charge < -0.3 is 9.84 Å². The molecule has 3 atom stereocenters.